The number of thiazole rings is 1. The molecule has 1 aliphatic heterocycles. The van der Waals surface area contributed by atoms with Gasteiger partial charge in [0.2, 0.25) is 5.91 Å². The van der Waals surface area contributed by atoms with E-state index in [4.69, 9.17) is 0 Å². The van der Waals surface area contributed by atoms with Gasteiger partial charge in [-0.05, 0) is 26.4 Å². The molecule has 1 fully saturated rings. The fourth-order valence-electron chi connectivity index (χ4n) is 2.00. The zero-order valence-electron chi connectivity index (χ0n) is 10.7. The summed E-state index contributed by atoms with van der Waals surface area (Å²) >= 11 is 1.61. The molecule has 0 aliphatic carbocycles. The van der Waals surface area contributed by atoms with Crippen molar-refractivity contribution in [2.24, 2.45) is 0 Å². The van der Waals surface area contributed by atoms with Crippen molar-refractivity contribution in [1.82, 2.24) is 20.5 Å². The summed E-state index contributed by atoms with van der Waals surface area (Å²) in [6.07, 6.45) is 1.11. The molecular formula is C12H20N4OS. The lowest BCUT2D eigenvalue weighted by Gasteiger charge is -2.18. The van der Waals surface area contributed by atoms with Crippen LogP contribution in [0.3, 0.4) is 0 Å². The van der Waals surface area contributed by atoms with Crippen LogP contribution >= 0.6 is 11.3 Å². The number of nitrogens with zero attached hydrogens (tertiary/aromatic N) is 2. The predicted molar refractivity (Wildman–Crippen MR) is 72.6 cm³/mol. The lowest BCUT2D eigenvalue weighted by atomic mass is 10.3. The summed E-state index contributed by atoms with van der Waals surface area (Å²) in [4.78, 5) is 18.3. The number of hydrogen-bond donors (Lipinski definition) is 2. The van der Waals surface area contributed by atoms with Crippen molar-refractivity contribution in [3.63, 3.8) is 0 Å². The molecule has 6 heteroatoms. The lowest BCUT2D eigenvalue weighted by molar-refractivity contribution is -0.122. The number of amides is 1. The topological polar surface area (TPSA) is 57.3 Å². The molecule has 2 rings (SSSR count). The van der Waals surface area contributed by atoms with Gasteiger partial charge in [0.1, 0.15) is 0 Å². The second-order valence-corrected chi connectivity index (χ2v) is 5.58. The normalized spacial score (nSPS) is 17.4. The molecule has 1 aromatic heterocycles. The highest BCUT2D eigenvalue weighted by Gasteiger charge is 2.12. The summed E-state index contributed by atoms with van der Waals surface area (Å²) in [6, 6.07) is 0. The van der Waals surface area contributed by atoms with Crippen molar-refractivity contribution >= 4 is 17.2 Å². The van der Waals surface area contributed by atoms with Gasteiger partial charge in [-0.1, -0.05) is 0 Å². The first kappa shape index (κ1) is 13.5. The van der Waals surface area contributed by atoms with Crippen LogP contribution in [0.1, 0.15) is 17.1 Å². The molecule has 0 aromatic carbocycles. The van der Waals surface area contributed by atoms with Crippen LogP contribution in [0.4, 0.5) is 0 Å². The van der Waals surface area contributed by atoms with Gasteiger partial charge in [0, 0.05) is 18.5 Å². The smallest absolute Gasteiger partial charge is 0.234 e. The van der Waals surface area contributed by atoms with Crippen LogP contribution in [0.25, 0.3) is 0 Å². The third-order valence-corrected chi connectivity index (χ3v) is 3.76. The van der Waals surface area contributed by atoms with Crippen LogP contribution in [0, 0.1) is 6.92 Å². The Hall–Kier alpha value is -0.980. The van der Waals surface area contributed by atoms with E-state index in [1.54, 1.807) is 11.3 Å². The van der Waals surface area contributed by atoms with Gasteiger partial charge in [-0.15, -0.1) is 11.3 Å². The molecule has 1 saturated heterocycles. The summed E-state index contributed by atoms with van der Waals surface area (Å²) in [6.45, 7) is 6.97. The van der Waals surface area contributed by atoms with Crippen molar-refractivity contribution in [3.8, 4) is 0 Å². The van der Waals surface area contributed by atoms with E-state index >= 15 is 0 Å². The second kappa shape index (κ2) is 6.82. The van der Waals surface area contributed by atoms with Crippen molar-refractivity contribution in [1.29, 1.82) is 0 Å². The lowest BCUT2D eigenvalue weighted by Crippen LogP contribution is -2.38. The van der Waals surface area contributed by atoms with E-state index in [0.29, 0.717) is 13.1 Å². The third-order valence-electron chi connectivity index (χ3n) is 2.93. The number of aromatic nitrogens is 1. The number of rotatable bonds is 4. The van der Waals surface area contributed by atoms with Crippen molar-refractivity contribution in [3.05, 3.63) is 16.1 Å². The second-order valence-electron chi connectivity index (χ2n) is 4.51. The number of carbonyl (C=O) groups excluding carboxylic acids is 1. The Morgan fingerprint density at radius 1 is 1.56 bits per heavy atom. The zero-order chi connectivity index (χ0) is 12.8. The maximum Gasteiger partial charge on any atom is 0.234 e. The molecule has 2 heterocycles. The summed E-state index contributed by atoms with van der Waals surface area (Å²) in [5.41, 5.74) is 0.948. The SMILES string of the molecule is Cc1nc(CNC(=O)CN2CCCNCC2)cs1. The highest BCUT2D eigenvalue weighted by molar-refractivity contribution is 7.09. The van der Waals surface area contributed by atoms with Gasteiger partial charge in [-0.2, -0.15) is 0 Å². The van der Waals surface area contributed by atoms with Crippen LogP contribution in [-0.4, -0.2) is 48.5 Å². The minimum absolute atomic E-state index is 0.0857. The van der Waals surface area contributed by atoms with Gasteiger partial charge in [0.25, 0.3) is 0 Å². The van der Waals surface area contributed by atoms with Gasteiger partial charge in [0.15, 0.2) is 0 Å². The molecule has 1 amide bonds. The molecule has 0 spiro atoms. The molecule has 0 radical (unpaired) electrons. The average molecular weight is 268 g/mol. The van der Waals surface area contributed by atoms with Gasteiger partial charge in [-0.3, -0.25) is 9.69 Å². The molecule has 18 heavy (non-hydrogen) atoms. The Balaban J connectivity index is 1.71. The predicted octanol–water partition coefficient (Wildman–Crippen LogP) is 0.363. The third kappa shape index (κ3) is 4.36. The van der Waals surface area contributed by atoms with Crippen LogP contribution in [-0.2, 0) is 11.3 Å². The van der Waals surface area contributed by atoms with Crippen molar-refractivity contribution in [2.75, 3.05) is 32.7 Å². The van der Waals surface area contributed by atoms with Crippen LogP contribution in [0.5, 0.6) is 0 Å². The Morgan fingerprint density at radius 2 is 2.44 bits per heavy atom. The quantitative estimate of drug-likeness (QED) is 0.828. The summed E-state index contributed by atoms with van der Waals surface area (Å²) in [5.74, 6) is 0.0857. The molecule has 1 aliphatic rings. The van der Waals surface area contributed by atoms with E-state index in [2.05, 4.69) is 20.5 Å². The van der Waals surface area contributed by atoms with E-state index in [-0.39, 0.29) is 5.91 Å². The molecule has 0 unspecified atom stereocenters. The van der Waals surface area contributed by atoms with Crippen LogP contribution in [0.2, 0.25) is 0 Å². The monoisotopic (exact) mass is 268 g/mol. The summed E-state index contributed by atoms with van der Waals surface area (Å²) in [7, 11) is 0. The first-order valence-electron chi connectivity index (χ1n) is 6.35. The molecule has 5 nitrogen and oxygen atoms in total. The van der Waals surface area contributed by atoms with Crippen molar-refractivity contribution < 1.29 is 4.79 Å². The molecular weight excluding hydrogens is 248 g/mol. The zero-order valence-corrected chi connectivity index (χ0v) is 11.6. The molecule has 2 N–H and O–H groups in total. The average Bonchev–Trinajstić information content (AvgIpc) is 2.60. The fraction of sp³-hybridized carbons (Fsp3) is 0.667. The maximum absolute atomic E-state index is 11.8. The first-order chi connectivity index (χ1) is 8.74. The van der Waals surface area contributed by atoms with Gasteiger partial charge >= 0.3 is 0 Å². The Morgan fingerprint density at radius 3 is 3.22 bits per heavy atom. The Labute approximate surface area is 112 Å². The first-order valence-corrected chi connectivity index (χ1v) is 7.23. The number of carbonyl (C=O) groups is 1. The van der Waals surface area contributed by atoms with Crippen LogP contribution in [0.15, 0.2) is 5.38 Å². The van der Waals surface area contributed by atoms with Gasteiger partial charge in [0.05, 0.1) is 23.8 Å². The highest BCUT2D eigenvalue weighted by atomic mass is 32.1. The highest BCUT2D eigenvalue weighted by Crippen LogP contribution is 2.07. The number of nitrogens with one attached hydrogen (secondary N) is 2. The molecule has 100 valence electrons. The number of aryl methyl sites for hydroxylation is 1. The maximum atomic E-state index is 11.8. The van der Waals surface area contributed by atoms with Crippen molar-refractivity contribution in [2.45, 2.75) is 19.9 Å². The van der Waals surface area contributed by atoms with Gasteiger partial charge < -0.3 is 10.6 Å². The minimum atomic E-state index is 0.0857. The van der Waals surface area contributed by atoms with E-state index < -0.39 is 0 Å². The molecule has 0 bridgehead atoms. The largest absolute Gasteiger partial charge is 0.349 e. The molecule has 0 atom stereocenters. The van der Waals surface area contributed by atoms with E-state index in [0.717, 1.165) is 43.3 Å². The number of hydrogen-bond acceptors (Lipinski definition) is 5. The van der Waals surface area contributed by atoms with Gasteiger partial charge in [-0.25, -0.2) is 4.98 Å². The van der Waals surface area contributed by atoms with E-state index in [1.165, 1.54) is 0 Å². The summed E-state index contributed by atoms with van der Waals surface area (Å²) < 4.78 is 0. The Kier molecular flexibility index (Phi) is 5.10. The summed E-state index contributed by atoms with van der Waals surface area (Å²) in [5, 5.41) is 9.28. The standard InChI is InChI=1S/C12H20N4OS/c1-10-15-11(9-18-10)7-14-12(17)8-16-5-2-3-13-4-6-16/h9,13H,2-8H2,1H3,(H,14,17). The Bertz CT molecular complexity index is 385. The molecule has 1 aromatic rings. The fourth-order valence-corrected chi connectivity index (χ4v) is 2.61. The van der Waals surface area contributed by atoms with E-state index in [9.17, 15) is 4.79 Å². The minimum Gasteiger partial charge on any atom is -0.349 e. The van der Waals surface area contributed by atoms with Crippen LogP contribution < -0.4 is 10.6 Å². The van der Waals surface area contributed by atoms with E-state index in [1.807, 2.05) is 12.3 Å². The molecule has 0 saturated carbocycles.